The summed E-state index contributed by atoms with van der Waals surface area (Å²) in [6.45, 7) is 6.05. The van der Waals surface area contributed by atoms with E-state index >= 15 is 0 Å². The number of ether oxygens (including phenoxy) is 1. The highest BCUT2D eigenvalue weighted by Gasteiger charge is 2.24. The first-order valence-electron chi connectivity index (χ1n) is 6.67. The van der Waals surface area contributed by atoms with Crippen molar-refractivity contribution < 1.29 is 19.4 Å². The lowest BCUT2D eigenvalue weighted by Gasteiger charge is -2.23. The van der Waals surface area contributed by atoms with Gasteiger partial charge < -0.3 is 15.2 Å². The minimum absolute atomic E-state index is 0.106. The third kappa shape index (κ3) is 5.63. The smallest absolute Gasteiger partial charge is 0.306 e. The van der Waals surface area contributed by atoms with Crippen LogP contribution in [-0.2, 0) is 9.53 Å². The van der Waals surface area contributed by atoms with Gasteiger partial charge in [0.15, 0.2) is 0 Å². The third-order valence-corrected chi connectivity index (χ3v) is 3.09. The van der Waals surface area contributed by atoms with Gasteiger partial charge >= 0.3 is 5.97 Å². The maximum atomic E-state index is 12.0. The number of phenols is 1. The van der Waals surface area contributed by atoms with E-state index in [0.29, 0.717) is 11.6 Å². The molecule has 0 bridgehead atoms. The van der Waals surface area contributed by atoms with E-state index in [-0.39, 0.29) is 30.2 Å². The molecule has 1 aromatic rings. The summed E-state index contributed by atoms with van der Waals surface area (Å²) in [6.07, 6.45) is 0.197. The average molecular weight is 314 g/mol. The summed E-state index contributed by atoms with van der Waals surface area (Å²) in [4.78, 5) is 23.5. The molecule has 0 heterocycles. The van der Waals surface area contributed by atoms with Crippen LogP contribution in [0.3, 0.4) is 0 Å². The Bertz CT molecular complexity index is 528. The number of amides is 1. The van der Waals surface area contributed by atoms with Crippen LogP contribution in [0.2, 0.25) is 5.02 Å². The maximum Gasteiger partial charge on any atom is 0.306 e. The predicted octanol–water partition coefficient (Wildman–Crippen LogP) is 2.75. The minimum atomic E-state index is -0.448. The molecule has 0 spiro atoms. The van der Waals surface area contributed by atoms with Gasteiger partial charge in [0.2, 0.25) is 0 Å². The number of hydrogen-bond donors (Lipinski definition) is 2. The summed E-state index contributed by atoms with van der Waals surface area (Å²) in [5, 5.41) is 12.7. The summed E-state index contributed by atoms with van der Waals surface area (Å²) in [5.41, 5.74) is -0.342. The number of aromatic hydroxyl groups is 1. The molecule has 0 aromatic heterocycles. The number of carbonyl (C=O) groups is 2. The van der Waals surface area contributed by atoms with Crippen LogP contribution in [0.1, 0.15) is 37.6 Å². The van der Waals surface area contributed by atoms with Gasteiger partial charge in [0.05, 0.1) is 18.6 Å². The molecule has 0 aliphatic heterocycles. The van der Waals surface area contributed by atoms with Crippen molar-refractivity contribution in [1.82, 2.24) is 5.32 Å². The Kier molecular flexibility index (Phi) is 6.03. The normalized spacial score (nSPS) is 11.0. The van der Waals surface area contributed by atoms with Crippen molar-refractivity contribution in [2.75, 3.05) is 13.2 Å². The molecule has 1 rings (SSSR count). The lowest BCUT2D eigenvalue weighted by Crippen LogP contribution is -2.35. The molecule has 0 radical (unpaired) electrons. The van der Waals surface area contributed by atoms with Crippen LogP contribution >= 0.6 is 11.6 Å². The number of halogens is 1. The van der Waals surface area contributed by atoms with E-state index < -0.39 is 11.3 Å². The molecule has 1 aromatic carbocycles. The molecule has 0 fully saturated rings. The van der Waals surface area contributed by atoms with Crippen LogP contribution in [0.25, 0.3) is 0 Å². The summed E-state index contributed by atoms with van der Waals surface area (Å²) in [5.74, 6) is -0.880. The molecule has 21 heavy (non-hydrogen) atoms. The summed E-state index contributed by atoms with van der Waals surface area (Å²) < 4.78 is 4.89. The van der Waals surface area contributed by atoms with E-state index in [1.165, 1.54) is 18.2 Å². The zero-order valence-electron chi connectivity index (χ0n) is 12.4. The molecule has 0 saturated carbocycles. The zero-order valence-corrected chi connectivity index (χ0v) is 13.2. The predicted molar refractivity (Wildman–Crippen MR) is 80.5 cm³/mol. The zero-order chi connectivity index (χ0) is 16.0. The van der Waals surface area contributed by atoms with Crippen molar-refractivity contribution in [3.63, 3.8) is 0 Å². The standard InChI is InChI=1S/C15H20ClNO4/c1-4-21-13(19)8-15(2,3)9-17-14(20)11-7-10(16)5-6-12(11)18/h5-7,18H,4,8-9H2,1-3H3,(H,17,20). The Labute approximate surface area is 129 Å². The lowest BCUT2D eigenvalue weighted by atomic mass is 9.89. The molecule has 0 saturated heterocycles. The van der Waals surface area contributed by atoms with Gasteiger partial charge in [-0.2, -0.15) is 0 Å². The highest BCUT2D eigenvalue weighted by Crippen LogP contribution is 2.23. The Morgan fingerprint density at radius 2 is 2.05 bits per heavy atom. The highest BCUT2D eigenvalue weighted by molar-refractivity contribution is 6.31. The number of nitrogens with one attached hydrogen (secondary N) is 1. The molecule has 0 unspecified atom stereocenters. The van der Waals surface area contributed by atoms with Gasteiger partial charge in [-0.15, -0.1) is 0 Å². The molecule has 0 aliphatic rings. The fourth-order valence-corrected chi connectivity index (χ4v) is 1.94. The Hall–Kier alpha value is -1.75. The second-order valence-electron chi connectivity index (χ2n) is 5.49. The molecule has 6 heteroatoms. The quantitative estimate of drug-likeness (QED) is 0.792. The molecule has 5 nitrogen and oxygen atoms in total. The van der Waals surface area contributed by atoms with Gasteiger partial charge in [-0.1, -0.05) is 25.4 Å². The topological polar surface area (TPSA) is 75.6 Å². The van der Waals surface area contributed by atoms with Crippen molar-refractivity contribution >= 4 is 23.5 Å². The molecule has 1 amide bonds. The molecule has 0 atom stereocenters. The molecule has 0 aliphatic carbocycles. The average Bonchev–Trinajstić information content (AvgIpc) is 2.38. The number of hydrogen-bond acceptors (Lipinski definition) is 4. The number of esters is 1. The molecule has 116 valence electrons. The SMILES string of the molecule is CCOC(=O)CC(C)(C)CNC(=O)c1cc(Cl)ccc1O. The van der Waals surface area contributed by atoms with Crippen molar-refractivity contribution in [2.45, 2.75) is 27.2 Å². The minimum Gasteiger partial charge on any atom is -0.507 e. The van der Waals surface area contributed by atoms with E-state index in [4.69, 9.17) is 16.3 Å². The first-order valence-corrected chi connectivity index (χ1v) is 7.05. The van der Waals surface area contributed by atoms with Gasteiger partial charge in [-0.25, -0.2) is 0 Å². The first-order chi connectivity index (χ1) is 9.75. The van der Waals surface area contributed by atoms with Gasteiger partial charge in [0.1, 0.15) is 5.75 Å². The van der Waals surface area contributed by atoms with Crippen LogP contribution in [0, 0.1) is 5.41 Å². The van der Waals surface area contributed by atoms with Crippen molar-refractivity contribution in [1.29, 1.82) is 0 Å². The van der Waals surface area contributed by atoms with Crippen molar-refractivity contribution in [2.24, 2.45) is 5.41 Å². The van der Waals surface area contributed by atoms with Gasteiger partial charge in [-0.05, 0) is 30.5 Å². The van der Waals surface area contributed by atoms with E-state index in [1.54, 1.807) is 6.92 Å². The lowest BCUT2D eigenvalue weighted by molar-refractivity contribution is -0.145. The second-order valence-corrected chi connectivity index (χ2v) is 5.93. The number of carbonyl (C=O) groups excluding carboxylic acids is 2. The molecule has 2 N–H and O–H groups in total. The van der Waals surface area contributed by atoms with Crippen LogP contribution in [0.15, 0.2) is 18.2 Å². The summed E-state index contributed by atoms with van der Waals surface area (Å²) in [7, 11) is 0. The van der Waals surface area contributed by atoms with Crippen molar-refractivity contribution in [3.05, 3.63) is 28.8 Å². The Balaban J connectivity index is 2.63. The van der Waals surface area contributed by atoms with Crippen LogP contribution in [0.4, 0.5) is 0 Å². The highest BCUT2D eigenvalue weighted by atomic mass is 35.5. The van der Waals surface area contributed by atoms with Gasteiger partial charge in [0.25, 0.3) is 5.91 Å². The second kappa shape index (κ2) is 7.31. The maximum absolute atomic E-state index is 12.0. The van der Waals surface area contributed by atoms with Crippen molar-refractivity contribution in [3.8, 4) is 5.75 Å². The van der Waals surface area contributed by atoms with E-state index in [0.717, 1.165) is 0 Å². The fraction of sp³-hybridized carbons (Fsp3) is 0.467. The van der Waals surface area contributed by atoms with Gasteiger partial charge in [-0.3, -0.25) is 9.59 Å². The summed E-state index contributed by atoms with van der Waals surface area (Å²) >= 11 is 5.80. The number of rotatable bonds is 6. The Morgan fingerprint density at radius 3 is 2.67 bits per heavy atom. The number of benzene rings is 1. The summed E-state index contributed by atoms with van der Waals surface area (Å²) in [6, 6.07) is 4.25. The van der Waals surface area contributed by atoms with Crippen LogP contribution in [0.5, 0.6) is 5.75 Å². The van der Waals surface area contributed by atoms with Crippen LogP contribution < -0.4 is 5.32 Å². The molecular formula is C15H20ClNO4. The molecular weight excluding hydrogens is 294 g/mol. The van der Waals surface area contributed by atoms with E-state index in [1.807, 2.05) is 13.8 Å². The third-order valence-electron chi connectivity index (χ3n) is 2.86. The number of phenolic OH excluding ortho intramolecular Hbond substituents is 1. The van der Waals surface area contributed by atoms with Gasteiger partial charge in [0, 0.05) is 11.6 Å². The fourth-order valence-electron chi connectivity index (χ4n) is 1.77. The largest absolute Gasteiger partial charge is 0.507 e. The Morgan fingerprint density at radius 1 is 1.38 bits per heavy atom. The van der Waals surface area contributed by atoms with E-state index in [9.17, 15) is 14.7 Å². The monoisotopic (exact) mass is 313 g/mol. The van der Waals surface area contributed by atoms with E-state index in [2.05, 4.69) is 5.32 Å². The van der Waals surface area contributed by atoms with Crippen LogP contribution in [-0.4, -0.2) is 30.1 Å². The first kappa shape index (κ1) is 17.3.